The number of aliphatic hydroxyl groups is 1. The van der Waals surface area contributed by atoms with Gasteiger partial charge in [0.15, 0.2) is 11.6 Å². The van der Waals surface area contributed by atoms with Gasteiger partial charge in [0.2, 0.25) is 0 Å². The second kappa shape index (κ2) is 4.03. The standard InChI is InChI=1S/C12H11N3O2/c16-12-14-11-10(17-12)5-3-7-15(11)8-9-4-1-2-6-13-9/h1-7,12,16H,8H2. The summed E-state index contributed by atoms with van der Waals surface area (Å²) in [6.07, 6.45) is 6.18. The van der Waals surface area contributed by atoms with E-state index in [-0.39, 0.29) is 0 Å². The zero-order valence-electron chi connectivity index (χ0n) is 9.02. The number of fused-ring (bicyclic) bond motifs is 1. The van der Waals surface area contributed by atoms with Crippen molar-refractivity contribution >= 4 is 5.84 Å². The Balaban J connectivity index is 1.83. The van der Waals surface area contributed by atoms with E-state index >= 15 is 0 Å². The highest BCUT2D eigenvalue weighted by Gasteiger charge is 2.27. The molecule has 17 heavy (non-hydrogen) atoms. The van der Waals surface area contributed by atoms with Crippen LogP contribution in [0.1, 0.15) is 5.69 Å². The van der Waals surface area contributed by atoms with Crippen LogP contribution < -0.4 is 0 Å². The van der Waals surface area contributed by atoms with Crippen LogP contribution in [0.3, 0.4) is 0 Å². The monoisotopic (exact) mass is 229 g/mol. The lowest BCUT2D eigenvalue weighted by Crippen LogP contribution is -2.27. The van der Waals surface area contributed by atoms with Crippen LogP contribution >= 0.6 is 0 Å². The van der Waals surface area contributed by atoms with E-state index in [0.29, 0.717) is 18.1 Å². The van der Waals surface area contributed by atoms with Crippen molar-refractivity contribution in [2.75, 3.05) is 0 Å². The highest BCUT2D eigenvalue weighted by atomic mass is 16.6. The lowest BCUT2D eigenvalue weighted by molar-refractivity contribution is -0.0381. The van der Waals surface area contributed by atoms with E-state index in [2.05, 4.69) is 9.98 Å². The number of pyridine rings is 1. The van der Waals surface area contributed by atoms with Gasteiger partial charge in [0.25, 0.3) is 0 Å². The molecule has 1 atom stereocenters. The number of hydrogen-bond acceptors (Lipinski definition) is 5. The van der Waals surface area contributed by atoms with Crippen LogP contribution in [0.15, 0.2) is 53.5 Å². The van der Waals surface area contributed by atoms with Crippen molar-refractivity contribution < 1.29 is 9.84 Å². The van der Waals surface area contributed by atoms with Crippen molar-refractivity contribution in [1.82, 2.24) is 9.88 Å². The highest BCUT2D eigenvalue weighted by molar-refractivity contribution is 5.99. The van der Waals surface area contributed by atoms with Gasteiger partial charge in [-0.3, -0.25) is 4.98 Å². The molecule has 1 aromatic rings. The fraction of sp³-hybridized carbons (Fsp3) is 0.167. The Kier molecular flexibility index (Phi) is 2.38. The molecule has 1 unspecified atom stereocenters. The molecule has 0 radical (unpaired) electrons. The Labute approximate surface area is 98.4 Å². The van der Waals surface area contributed by atoms with Crippen LogP contribution in [0.4, 0.5) is 0 Å². The summed E-state index contributed by atoms with van der Waals surface area (Å²) in [7, 11) is 0. The highest BCUT2D eigenvalue weighted by Crippen LogP contribution is 2.22. The minimum atomic E-state index is -1.10. The van der Waals surface area contributed by atoms with Crippen molar-refractivity contribution in [1.29, 1.82) is 0 Å². The van der Waals surface area contributed by atoms with Gasteiger partial charge >= 0.3 is 6.41 Å². The van der Waals surface area contributed by atoms with Crippen LogP contribution in [0, 0.1) is 0 Å². The molecule has 5 heteroatoms. The molecule has 0 spiro atoms. The number of ether oxygens (including phenoxy) is 1. The molecule has 1 aromatic heterocycles. The summed E-state index contributed by atoms with van der Waals surface area (Å²) in [5, 5.41) is 9.32. The molecule has 2 aliphatic heterocycles. The first-order chi connectivity index (χ1) is 8.33. The fourth-order valence-corrected chi connectivity index (χ4v) is 1.79. The van der Waals surface area contributed by atoms with E-state index in [0.717, 1.165) is 5.69 Å². The number of hydrogen-bond donors (Lipinski definition) is 1. The zero-order valence-corrected chi connectivity index (χ0v) is 9.02. The summed E-state index contributed by atoms with van der Waals surface area (Å²) in [5.74, 6) is 1.24. The molecule has 1 N–H and O–H groups in total. The second-order valence-corrected chi connectivity index (χ2v) is 3.72. The van der Waals surface area contributed by atoms with Gasteiger partial charge in [0, 0.05) is 12.4 Å². The first-order valence-electron chi connectivity index (χ1n) is 5.31. The van der Waals surface area contributed by atoms with Gasteiger partial charge in [-0.25, -0.2) is 0 Å². The molecule has 5 nitrogen and oxygen atoms in total. The van der Waals surface area contributed by atoms with E-state index in [4.69, 9.17) is 4.74 Å². The van der Waals surface area contributed by atoms with Gasteiger partial charge in [-0.1, -0.05) is 6.07 Å². The van der Waals surface area contributed by atoms with Gasteiger partial charge in [0.1, 0.15) is 0 Å². The molecule has 0 bridgehead atoms. The van der Waals surface area contributed by atoms with Crippen LogP contribution in [0.2, 0.25) is 0 Å². The average molecular weight is 229 g/mol. The van der Waals surface area contributed by atoms with E-state index < -0.39 is 6.41 Å². The van der Waals surface area contributed by atoms with Crippen molar-refractivity contribution in [3.8, 4) is 0 Å². The minimum absolute atomic E-state index is 0.593. The maximum atomic E-state index is 9.32. The van der Waals surface area contributed by atoms with Crippen molar-refractivity contribution in [3.63, 3.8) is 0 Å². The molecule has 0 amide bonds. The Morgan fingerprint density at radius 3 is 3.18 bits per heavy atom. The van der Waals surface area contributed by atoms with Gasteiger partial charge in [-0.05, 0) is 24.3 Å². The molecule has 0 saturated heterocycles. The van der Waals surface area contributed by atoms with Crippen LogP contribution in [0.25, 0.3) is 0 Å². The van der Waals surface area contributed by atoms with E-state index in [1.165, 1.54) is 0 Å². The van der Waals surface area contributed by atoms with Gasteiger partial charge < -0.3 is 14.7 Å². The Hall–Kier alpha value is -2.14. The number of nitrogens with zero attached hydrogens (tertiary/aromatic N) is 3. The quantitative estimate of drug-likeness (QED) is 0.822. The number of aliphatic hydroxyl groups excluding tert-OH is 1. The molecule has 2 aliphatic rings. The minimum Gasteiger partial charge on any atom is -0.441 e. The van der Waals surface area contributed by atoms with E-state index in [9.17, 15) is 5.11 Å². The fourth-order valence-electron chi connectivity index (χ4n) is 1.79. The Morgan fingerprint density at radius 1 is 1.41 bits per heavy atom. The average Bonchev–Trinajstić information content (AvgIpc) is 2.72. The van der Waals surface area contributed by atoms with Gasteiger partial charge in [-0.15, -0.1) is 0 Å². The molecule has 3 heterocycles. The summed E-state index contributed by atoms with van der Waals surface area (Å²) in [4.78, 5) is 10.2. The third-order valence-corrected chi connectivity index (χ3v) is 2.53. The van der Waals surface area contributed by atoms with Crippen LogP contribution in [-0.4, -0.2) is 27.2 Å². The SMILES string of the molecule is OC1N=C2C(=CC=CN2Cc2ccccn2)O1. The van der Waals surface area contributed by atoms with E-state index in [1.54, 1.807) is 12.3 Å². The largest absolute Gasteiger partial charge is 0.441 e. The predicted octanol–water partition coefficient (Wildman–Crippen LogP) is 0.999. The molecule has 0 aromatic carbocycles. The molecular weight excluding hydrogens is 218 g/mol. The molecule has 86 valence electrons. The molecule has 0 fully saturated rings. The smallest absolute Gasteiger partial charge is 0.301 e. The van der Waals surface area contributed by atoms with Gasteiger partial charge in [0.05, 0.1) is 12.2 Å². The lowest BCUT2D eigenvalue weighted by Gasteiger charge is -2.21. The molecular formula is C12H11N3O2. The number of amidine groups is 1. The summed E-state index contributed by atoms with van der Waals surface area (Å²) in [5.41, 5.74) is 0.933. The predicted molar refractivity (Wildman–Crippen MR) is 61.5 cm³/mol. The summed E-state index contributed by atoms with van der Waals surface area (Å²) in [6, 6.07) is 5.76. The Morgan fingerprint density at radius 2 is 2.35 bits per heavy atom. The number of aromatic nitrogens is 1. The normalized spacial score (nSPS) is 21.7. The number of allylic oxidation sites excluding steroid dienone is 2. The van der Waals surface area contributed by atoms with Crippen molar-refractivity contribution in [3.05, 3.63) is 54.2 Å². The first kappa shape index (κ1) is 10.0. The third-order valence-electron chi connectivity index (χ3n) is 2.53. The van der Waals surface area contributed by atoms with Crippen LogP contribution in [-0.2, 0) is 11.3 Å². The maximum absolute atomic E-state index is 9.32. The summed E-state index contributed by atoms with van der Waals surface area (Å²) < 4.78 is 5.13. The number of aliphatic imine (C=N–C) groups is 1. The maximum Gasteiger partial charge on any atom is 0.301 e. The molecule has 3 rings (SSSR count). The van der Waals surface area contributed by atoms with E-state index in [1.807, 2.05) is 35.4 Å². The zero-order chi connectivity index (χ0) is 11.7. The Bertz CT molecular complexity index is 508. The summed E-state index contributed by atoms with van der Waals surface area (Å²) >= 11 is 0. The first-order valence-corrected chi connectivity index (χ1v) is 5.31. The topological polar surface area (TPSA) is 58.0 Å². The summed E-state index contributed by atoms with van der Waals surface area (Å²) in [6.45, 7) is 0.601. The van der Waals surface area contributed by atoms with Crippen LogP contribution in [0.5, 0.6) is 0 Å². The second-order valence-electron chi connectivity index (χ2n) is 3.72. The van der Waals surface area contributed by atoms with Crippen molar-refractivity contribution in [2.24, 2.45) is 4.99 Å². The molecule has 0 aliphatic carbocycles. The number of rotatable bonds is 2. The van der Waals surface area contributed by atoms with Gasteiger partial charge in [-0.2, -0.15) is 4.99 Å². The molecule has 0 saturated carbocycles. The van der Waals surface area contributed by atoms with Crippen molar-refractivity contribution in [2.45, 2.75) is 13.0 Å². The third kappa shape index (κ3) is 1.92. The lowest BCUT2D eigenvalue weighted by atomic mass is 10.2.